The van der Waals surface area contributed by atoms with Gasteiger partial charge in [0.15, 0.2) is 0 Å². The number of nitrogens with zero attached hydrogens (tertiary/aromatic N) is 4. The van der Waals surface area contributed by atoms with E-state index < -0.39 is 34.3 Å². The molecule has 0 atom stereocenters. The van der Waals surface area contributed by atoms with Crippen LogP contribution in [-0.4, -0.2) is 158 Å². The lowest BCUT2D eigenvalue weighted by molar-refractivity contribution is -0.160. The predicted molar refractivity (Wildman–Crippen MR) is 182 cm³/mol. The van der Waals surface area contributed by atoms with E-state index in [2.05, 4.69) is 20.0 Å². The van der Waals surface area contributed by atoms with Gasteiger partial charge in [-0.2, -0.15) is 0 Å². The zero-order chi connectivity index (χ0) is 36.1. The molecule has 13 nitrogen and oxygen atoms in total. The molecule has 0 amide bonds. The highest BCUT2D eigenvalue weighted by atomic mass is 16.6. The fraction of sp³-hybridized carbons (Fsp3) is 0.882. The molecular weight excluding hydrogens is 606 g/mol. The molecule has 0 unspecified atom stereocenters. The van der Waals surface area contributed by atoms with Crippen LogP contribution in [0.1, 0.15) is 83.1 Å². The molecule has 0 aromatic rings. The Bertz CT molecular complexity index is 920. The summed E-state index contributed by atoms with van der Waals surface area (Å²) in [5, 5.41) is 3.43. The van der Waals surface area contributed by atoms with Gasteiger partial charge in [0.25, 0.3) is 0 Å². The van der Waals surface area contributed by atoms with Gasteiger partial charge in [-0.15, -0.1) is 0 Å². The Morgan fingerprint density at radius 2 is 0.830 bits per heavy atom. The third-order valence-corrected chi connectivity index (χ3v) is 6.50. The first-order chi connectivity index (χ1) is 21.4. The zero-order valence-corrected chi connectivity index (χ0v) is 31.5. The van der Waals surface area contributed by atoms with Gasteiger partial charge in [0.05, 0.1) is 26.2 Å². The summed E-state index contributed by atoms with van der Waals surface area (Å²) in [7, 11) is 0. The quantitative estimate of drug-likeness (QED) is 0.255. The van der Waals surface area contributed by atoms with Gasteiger partial charge in [-0.3, -0.25) is 38.8 Å². The summed E-state index contributed by atoms with van der Waals surface area (Å²) in [6.07, 6.45) is 0. The van der Waals surface area contributed by atoms with Gasteiger partial charge in [0.1, 0.15) is 22.4 Å². The van der Waals surface area contributed by atoms with E-state index in [1.54, 1.807) is 46.4 Å². The lowest BCUT2D eigenvalue weighted by Gasteiger charge is -2.33. The standard InChI is InChI=1S/C34H65N5O8/c1-31(2,3)44-27(40)23-37-15-13-35-14-16-38(24-28(41)45-32(4,5)6)21-18-36(17-20-37)19-22-39(25-29(42)46-33(7,8)9)26-30(43)47-34(10,11)12/h35H,13-26H2,1-12H3. The summed E-state index contributed by atoms with van der Waals surface area (Å²) in [4.78, 5) is 59.1. The number of esters is 4. The second-order valence-corrected chi connectivity index (χ2v) is 16.2. The highest BCUT2D eigenvalue weighted by Crippen LogP contribution is 2.12. The number of hydrogen-bond acceptors (Lipinski definition) is 13. The van der Waals surface area contributed by atoms with E-state index in [4.69, 9.17) is 18.9 Å². The Kier molecular flexibility index (Phi) is 17.3. The molecule has 47 heavy (non-hydrogen) atoms. The van der Waals surface area contributed by atoms with Crippen molar-refractivity contribution in [2.75, 3.05) is 91.6 Å². The highest BCUT2D eigenvalue weighted by molar-refractivity contribution is 5.75. The minimum atomic E-state index is -0.657. The van der Waals surface area contributed by atoms with Crippen molar-refractivity contribution >= 4 is 23.9 Å². The van der Waals surface area contributed by atoms with Crippen molar-refractivity contribution in [3.63, 3.8) is 0 Å². The normalized spacial score (nSPS) is 17.4. The summed E-state index contributed by atoms with van der Waals surface area (Å²) >= 11 is 0. The monoisotopic (exact) mass is 671 g/mol. The van der Waals surface area contributed by atoms with Crippen LogP contribution in [0.2, 0.25) is 0 Å². The summed E-state index contributed by atoms with van der Waals surface area (Å²) in [5.74, 6) is -1.40. The molecule has 1 heterocycles. The van der Waals surface area contributed by atoms with E-state index in [9.17, 15) is 19.2 Å². The molecular formula is C34H65N5O8. The van der Waals surface area contributed by atoms with Crippen LogP contribution >= 0.6 is 0 Å². The minimum Gasteiger partial charge on any atom is -0.459 e. The van der Waals surface area contributed by atoms with Crippen LogP contribution in [-0.2, 0) is 38.1 Å². The van der Waals surface area contributed by atoms with E-state index in [0.717, 1.165) is 0 Å². The third-order valence-electron chi connectivity index (χ3n) is 6.50. The maximum absolute atomic E-state index is 12.8. The van der Waals surface area contributed by atoms with Crippen molar-refractivity contribution in [2.24, 2.45) is 0 Å². The second-order valence-electron chi connectivity index (χ2n) is 16.2. The third kappa shape index (κ3) is 23.6. The van der Waals surface area contributed by atoms with Crippen LogP contribution in [0.3, 0.4) is 0 Å². The smallest absolute Gasteiger partial charge is 0.320 e. The Balaban J connectivity index is 3.14. The SMILES string of the molecule is CC(C)(C)OC(=O)CN1CCNCCN(CC(=O)OC(C)(C)C)CCN(CCN(CC(=O)OC(C)(C)C)CC(=O)OC(C)(C)C)CC1. The van der Waals surface area contributed by atoms with Crippen LogP contribution in [0.25, 0.3) is 0 Å². The largest absolute Gasteiger partial charge is 0.459 e. The first-order valence-electron chi connectivity index (χ1n) is 16.9. The molecule has 13 heteroatoms. The van der Waals surface area contributed by atoms with Gasteiger partial charge in [0.2, 0.25) is 0 Å². The first kappa shape index (κ1) is 42.7. The van der Waals surface area contributed by atoms with Gasteiger partial charge in [-0.05, 0) is 83.1 Å². The molecule has 1 N–H and O–H groups in total. The summed E-state index contributed by atoms with van der Waals surface area (Å²) in [6, 6.07) is 0. The zero-order valence-electron chi connectivity index (χ0n) is 31.5. The fourth-order valence-corrected chi connectivity index (χ4v) is 4.76. The molecule has 0 aliphatic carbocycles. The molecule has 1 rings (SSSR count). The molecule has 1 aliphatic heterocycles. The van der Waals surface area contributed by atoms with Crippen LogP contribution < -0.4 is 5.32 Å². The Morgan fingerprint density at radius 1 is 0.511 bits per heavy atom. The van der Waals surface area contributed by atoms with Gasteiger partial charge in [-0.1, -0.05) is 0 Å². The molecule has 0 spiro atoms. The Hall–Kier alpha value is -2.32. The van der Waals surface area contributed by atoms with Crippen molar-refractivity contribution in [1.29, 1.82) is 0 Å². The average molecular weight is 672 g/mol. The summed E-state index contributed by atoms with van der Waals surface area (Å²) < 4.78 is 22.3. The van der Waals surface area contributed by atoms with E-state index in [0.29, 0.717) is 65.4 Å². The summed E-state index contributed by atoms with van der Waals surface area (Å²) in [6.45, 7) is 28.2. The topological polar surface area (TPSA) is 130 Å². The van der Waals surface area contributed by atoms with Gasteiger partial charge in [0, 0.05) is 65.4 Å². The molecule has 1 fully saturated rings. The molecule has 0 saturated carbocycles. The van der Waals surface area contributed by atoms with Crippen molar-refractivity contribution in [1.82, 2.24) is 24.9 Å². The van der Waals surface area contributed by atoms with Gasteiger partial charge in [-0.25, -0.2) is 0 Å². The first-order valence-corrected chi connectivity index (χ1v) is 16.9. The Labute approximate surface area is 283 Å². The van der Waals surface area contributed by atoms with Crippen LogP contribution in [0.4, 0.5) is 0 Å². The van der Waals surface area contributed by atoms with Gasteiger partial charge < -0.3 is 24.3 Å². The molecule has 0 aromatic carbocycles. The van der Waals surface area contributed by atoms with E-state index in [1.165, 1.54) is 0 Å². The minimum absolute atomic E-state index is 0.0639. The maximum Gasteiger partial charge on any atom is 0.320 e. The molecule has 274 valence electrons. The second kappa shape index (κ2) is 19.0. The molecule has 0 bridgehead atoms. The number of carbonyl (C=O) groups is 4. The lowest BCUT2D eigenvalue weighted by atomic mass is 10.2. The fourth-order valence-electron chi connectivity index (χ4n) is 4.76. The molecule has 1 saturated heterocycles. The predicted octanol–water partition coefficient (Wildman–Crippen LogP) is 2.16. The lowest BCUT2D eigenvalue weighted by Crippen LogP contribution is -2.49. The van der Waals surface area contributed by atoms with E-state index in [-0.39, 0.29) is 38.1 Å². The van der Waals surface area contributed by atoms with Gasteiger partial charge >= 0.3 is 23.9 Å². The number of hydrogen-bond donors (Lipinski definition) is 1. The van der Waals surface area contributed by atoms with Crippen molar-refractivity contribution in [3.8, 4) is 0 Å². The number of rotatable bonds is 11. The average Bonchev–Trinajstić information content (AvgIpc) is 2.81. The van der Waals surface area contributed by atoms with Crippen LogP contribution in [0.5, 0.6) is 0 Å². The highest BCUT2D eigenvalue weighted by Gasteiger charge is 2.26. The maximum atomic E-state index is 12.8. The molecule has 0 aromatic heterocycles. The number of nitrogens with one attached hydrogen (secondary N) is 1. The Morgan fingerprint density at radius 3 is 1.17 bits per heavy atom. The van der Waals surface area contributed by atoms with E-state index in [1.807, 2.05) is 41.5 Å². The number of carbonyl (C=O) groups excluding carboxylic acids is 4. The number of ether oxygens (including phenoxy) is 4. The van der Waals surface area contributed by atoms with Crippen LogP contribution in [0, 0.1) is 0 Å². The molecule has 1 aliphatic rings. The summed E-state index contributed by atoms with van der Waals surface area (Å²) in [5.41, 5.74) is -2.46. The van der Waals surface area contributed by atoms with E-state index >= 15 is 0 Å². The van der Waals surface area contributed by atoms with Crippen molar-refractivity contribution in [2.45, 2.75) is 105 Å². The van der Waals surface area contributed by atoms with Crippen LogP contribution in [0.15, 0.2) is 0 Å². The molecule has 0 radical (unpaired) electrons. The van der Waals surface area contributed by atoms with Crippen molar-refractivity contribution < 1.29 is 38.1 Å². The van der Waals surface area contributed by atoms with Crippen molar-refractivity contribution in [3.05, 3.63) is 0 Å².